The summed E-state index contributed by atoms with van der Waals surface area (Å²) in [4.78, 5) is 22.3. The van der Waals surface area contributed by atoms with E-state index < -0.39 is 12.4 Å². The van der Waals surface area contributed by atoms with Gasteiger partial charge in [-0.15, -0.1) is 0 Å². The maximum Gasteiger partial charge on any atom is 0.311 e. The first-order chi connectivity index (χ1) is 15.1. The summed E-state index contributed by atoms with van der Waals surface area (Å²) in [5.74, 6) is -0.751. The predicted octanol–water partition coefficient (Wildman–Crippen LogP) is 7.98. The number of carbonyl (C=O) groups excluding carboxylic acids is 1. The van der Waals surface area contributed by atoms with Gasteiger partial charge in [-0.2, -0.15) is 0 Å². The van der Waals surface area contributed by atoms with Crippen molar-refractivity contribution >= 4 is 11.8 Å². The lowest BCUT2D eigenvalue weighted by molar-refractivity contribution is -0.135. The number of unbranched alkanes of at least 4 members (excludes halogenated alkanes) is 15. The number of ketones is 1. The third kappa shape index (κ3) is 15.6. The van der Waals surface area contributed by atoms with E-state index in [1.165, 1.54) is 96.3 Å². The fourth-order valence-corrected chi connectivity index (χ4v) is 3.82. The van der Waals surface area contributed by atoms with Gasteiger partial charge in [0.1, 0.15) is 12.2 Å². The van der Waals surface area contributed by atoms with Gasteiger partial charge in [-0.3, -0.25) is 9.59 Å². The number of carboxylic acid groups (broad SMARTS) is 1. The summed E-state index contributed by atoms with van der Waals surface area (Å²) in [5, 5.41) is 8.67. The third-order valence-electron chi connectivity index (χ3n) is 5.75. The van der Waals surface area contributed by atoms with Crippen LogP contribution in [0.3, 0.4) is 0 Å². The van der Waals surface area contributed by atoms with Crippen LogP contribution in [0.25, 0.3) is 0 Å². The molecule has 0 amide bonds. The molecule has 4 nitrogen and oxygen atoms in total. The SMILES string of the molecule is CCCCCCCCCCCCCCCCCCOc1ccc(C(=O)CC(=O)O)cc1. The van der Waals surface area contributed by atoms with E-state index in [2.05, 4.69) is 6.92 Å². The highest BCUT2D eigenvalue weighted by Crippen LogP contribution is 2.16. The second-order valence-electron chi connectivity index (χ2n) is 8.67. The predicted molar refractivity (Wildman–Crippen MR) is 128 cm³/mol. The van der Waals surface area contributed by atoms with Gasteiger partial charge in [-0.25, -0.2) is 0 Å². The van der Waals surface area contributed by atoms with Crippen LogP contribution in [0.5, 0.6) is 5.75 Å². The van der Waals surface area contributed by atoms with Gasteiger partial charge < -0.3 is 9.84 Å². The molecule has 0 heterocycles. The Labute approximate surface area is 189 Å². The van der Waals surface area contributed by atoms with Gasteiger partial charge in [0.05, 0.1) is 6.61 Å². The van der Waals surface area contributed by atoms with Crippen molar-refractivity contribution < 1.29 is 19.4 Å². The molecule has 1 aromatic rings. The molecule has 0 unspecified atom stereocenters. The molecule has 0 spiro atoms. The molecular formula is C27H44O4. The van der Waals surface area contributed by atoms with Crippen molar-refractivity contribution in [2.24, 2.45) is 0 Å². The Kier molecular flexibility index (Phi) is 16.6. The second-order valence-corrected chi connectivity index (χ2v) is 8.67. The number of benzene rings is 1. The maximum atomic E-state index is 11.7. The van der Waals surface area contributed by atoms with Gasteiger partial charge in [0, 0.05) is 5.56 Å². The highest BCUT2D eigenvalue weighted by molar-refractivity contribution is 6.05. The van der Waals surface area contributed by atoms with Crippen molar-refractivity contribution in [2.45, 2.75) is 116 Å². The molecule has 1 N–H and O–H groups in total. The van der Waals surface area contributed by atoms with Crippen LogP contribution >= 0.6 is 0 Å². The van der Waals surface area contributed by atoms with Gasteiger partial charge in [0.2, 0.25) is 0 Å². The number of Topliss-reactive ketones (excluding diaryl/α,β-unsaturated/α-hetero) is 1. The maximum absolute atomic E-state index is 11.7. The molecule has 0 saturated heterocycles. The smallest absolute Gasteiger partial charge is 0.311 e. The van der Waals surface area contributed by atoms with Gasteiger partial charge in [-0.1, -0.05) is 103 Å². The summed E-state index contributed by atoms with van der Waals surface area (Å²) in [6.45, 7) is 2.96. The van der Waals surface area contributed by atoms with E-state index in [1.54, 1.807) is 24.3 Å². The Balaban J connectivity index is 1.87. The van der Waals surface area contributed by atoms with Crippen molar-refractivity contribution in [1.82, 2.24) is 0 Å². The summed E-state index contributed by atoms with van der Waals surface area (Å²) in [6.07, 6.45) is 21.2. The highest BCUT2D eigenvalue weighted by atomic mass is 16.5. The molecule has 0 saturated carbocycles. The molecule has 0 aliphatic rings. The van der Waals surface area contributed by atoms with Gasteiger partial charge in [0.25, 0.3) is 0 Å². The van der Waals surface area contributed by atoms with Crippen LogP contribution in [-0.2, 0) is 4.79 Å². The number of hydrogen-bond donors (Lipinski definition) is 1. The zero-order valence-corrected chi connectivity index (χ0v) is 19.7. The van der Waals surface area contributed by atoms with Crippen molar-refractivity contribution in [3.05, 3.63) is 29.8 Å². The Morgan fingerprint density at radius 2 is 1.10 bits per heavy atom. The summed E-state index contributed by atoms with van der Waals surface area (Å²) >= 11 is 0. The van der Waals surface area contributed by atoms with Gasteiger partial charge in [-0.05, 0) is 30.7 Å². The minimum Gasteiger partial charge on any atom is -0.494 e. The van der Waals surface area contributed by atoms with Crippen LogP contribution in [0.15, 0.2) is 24.3 Å². The first-order valence-corrected chi connectivity index (χ1v) is 12.6. The van der Waals surface area contributed by atoms with Crippen molar-refractivity contribution in [1.29, 1.82) is 0 Å². The molecule has 0 bridgehead atoms. The normalized spacial score (nSPS) is 10.9. The topological polar surface area (TPSA) is 63.6 Å². The molecule has 0 aliphatic carbocycles. The van der Waals surface area contributed by atoms with E-state index in [0.717, 1.165) is 12.2 Å². The fraction of sp³-hybridized carbons (Fsp3) is 0.704. The minimum absolute atomic E-state index is 0.378. The molecule has 0 atom stereocenters. The zero-order valence-electron chi connectivity index (χ0n) is 19.7. The lowest BCUT2D eigenvalue weighted by atomic mass is 10.0. The molecule has 0 radical (unpaired) electrons. The molecule has 1 aromatic carbocycles. The van der Waals surface area contributed by atoms with Crippen LogP contribution in [0.1, 0.15) is 126 Å². The Morgan fingerprint density at radius 3 is 1.52 bits per heavy atom. The molecular weight excluding hydrogens is 388 g/mol. The number of aliphatic carboxylic acids is 1. The molecule has 0 fully saturated rings. The standard InChI is InChI=1S/C27H44O4/c1-2-3-4-5-6-7-8-9-10-11-12-13-14-15-16-17-22-31-25-20-18-24(19-21-25)26(28)23-27(29)30/h18-21H,2-17,22-23H2,1H3,(H,29,30). The van der Waals surface area contributed by atoms with Crippen LogP contribution in [0.4, 0.5) is 0 Å². The van der Waals surface area contributed by atoms with Gasteiger partial charge in [0.15, 0.2) is 5.78 Å². The van der Waals surface area contributed by atoms with E-state index in [9.17, 15) is 9.59 Å². The fourth-order valence-electron chi connectivity index (χ4n) is 3.82. The molecule has 0 aromatic heterocycles. The highest BCUT2D eigenvalue weighted by Gasteiger charge is 2.10. The van der Waals surface area contributed by atoms with Crippen LogP contribution < -0.4 is 4.74 Å². The number of rotatable bonds is 21. The molecule has 0 aliphatic heterocycles. The summed E-state index contributed by atoms with van der Waals surface area (Å²) in [5.41, 5.74) is 0.414. The van der Waals surface area contributed by atoms with Crippen molar-refractivity contribution in [3.8, 4) is 5.75 Å². The molecule has 176 valence electrons. The van der Waals surface area contributed by atoms with E-state index in [0.29, 0.717) is 12.2 Å². The summed E-state index contributed by atoms with van der Waals surface area (Å²) in [6, 6.07) is 6.74. The monoisotopic (exact) mass is 432 g/mol. The third-order valence-corrected chi connectivity index (χ3v) is 5.75. The van der Waals surface area contributed by atoms with Gasteiger partial charge >= 0.3 is 5.97 Å². The van der Waals surface area contributed by atoms with E-state index in [1.807, 2.05) is 0 Å². The number of carboxylic acids is 1. The Hall–Kier alpha value is -1.84. The van der Waals surface area contributed by atoms with Crippen molar-refractivity contribution in [2.75, 3.05) is 6.61 Å². The lowest BCUT2D eigenvalue weighted by Crippen LogP contribution is -2.06. The molecule has 31 heavy (non-hydrogen) atoms. The molecule has 1 rings (SSSR count). The quantitative estimate of drug-likeness (QED) is 0.121. The van der Waals surface area contributed by atoms with E-state index in [4.69, 9.17) is 9.84 Å². The second kappa shape index (κ2) is 18.9. The Bertz CT molecular complexity index is 579. The summed E-state index contributed by atoms with van der Waals surface area (Å²) < 4.78 is 5.71. The average molecular weight is 433 g/mol. The molecule has 4 heteroatoms. The average Bonchev–Trinajstić information content (AvgIpc) is 2.76. The van der Waals surface area contributed by atoms with E-state index >= 15 is 0 Å². The van der Waals surface area contributed by atoms with Crippen molar-refractivity contribution in [3.63, 3.8) is 0 Å². The van der Waals surface area contributed by atoms with E-state index in [-0.39, 0.29) is 5.78 Å². The summed E-state index contributed by atoms with van der Waals surface area (Å²) in [7, 11) is 0. The number of carbonyl (C=O) groups is 2. The van der Waals surface area contributed by atoms with Crippen LogP contribution in [-0.4, -0.2) is 23.5 Å². The first kappa shape index (κ1) is 27.2. The first-order valence-electron chi connectivity index (χ1n) is 12.6. The zero-order chi connectivity index (χ0) is 22.6. The Morgan fingerprint density at radius 1 is 0.677 bits per heavy atom. The number of ether oxygens (including phenoxy) is 1. The largest absolute Gasteiger partial charge is 0.494 e. The lowest BCUT2D eigenvalue weighted by Gasteiger charge is -2.07. The van der Waals surface area contributed by atoms with Crippen LogP contribution in [0, 0.1) is 0 Å². The number of hydrogen-bond acceptors (Lipinski definition) is 3. The van der Waals surface area contributed by atoms with Crippen LogP contribution in [0.2, 0.25) is 0 Å². The minimum atomic E-state index is -1.10.